The van der Waals surface area contributed by atoms with Gasteiger partial charge in [0.15, 0.2) is 0 Å². The first-order valence-electron chi connectivity index (χ1n) is 10.6. The summed E-state index contributed by atoms with van der Waals surface area (Å²) in [6, 6.07) is 4.45. The van der Waals surface area contributed by atoms with Gasteiger partial charge in [0.2, 0.25) is 0 Å². The molecule has 2 fully saturated rings. The molecule has 0 unspecified atom stereocenters. The molecule has 1 aromatic carbocycles. The summed E-state index contributed by atoms with van der Waals surface area (Å²) < 4.78 is 5.50. The first kappa shape index (κ1) is 19.3. The maximum absolute atomic E-state index is 12.8. The zero-order valence-electron chi connectivity index (χ0n) is 17.6. The summed E-state index contributed by atoms with van der Waals surface area (Å²) in [6.07, 6.45) is 4.20. The monoisotopic (exact) mass is 384 g/mol. The Morgan fingerprint density at radius 2 is 1.82 bits per heavy atom. The second-order valence-electron chi connectivity index (χ2n) is 9.74. The molecular formula is C23H32N2O3. The van der Waals surface area contributed by atoms with E-state index < -0.39 is 5.60 Å². The van der Waals surface area contributed by atoms with Crippen molar-refractivity contribution < 1.29 is 14.3 Å². The summed E-state index contributed by atoms with van der Waals surface area (Å²) in [6.45, 7) is 10.9. The molecular weight excluding hydrogens is 352 g/mol. The van der Waals surface area contributed by atoms with Crippen molar-refractivity contribution in [3.63, 3.8) is 0 Å². The van der Waals surface area contributed by atoms with E-state index in [0.29, 0.717) is 5.92 Å². The number of nitrogens with zero attached hydrogens (tertiary/aromatic N) is 2. The molecule has 2 amide bonds. The molecule has 0 bridgehead atoms. The van der Waals surface area contributed by atoms with Crippen molar-refractivity contribution >= 4 is 12.0 Å². The Labute approximate surface area is 168 Å². The highest BCUT2D eigenvalue weighted by molar-refractivity contribution is 5.99. The van der Waals surface area contributed by atoms with E-state index in [1.165, 1.54) is 24.0 Å². The highest BCUT2D eigenvalue weighted by Crippen LogP contribution is 2.37. The van der Waals surface area contributed by atoms with Gasteiger partial charge < -0.3 is 14.5 Å². The number of likely N-dealkylation sites (tertiary alicyclic amines) is 1. The zero-order valence-corrected chi connectivity index (χ0v) is 17.6. The molecule has 1 saturated carbocycles. The van der Waals surface area contributed by atoms with Crippen LogP contribution in [-0.4, -0.2) is 47.0 Å². The quantitative estimate of drug-likeness (QED) is 0.772. The van der Waals surface area contributed by atoms with Gasteiger partial charge in [0.25, 0.3) is 5.91 Å². The Hall–Kier alpha value is -2.04. The highest BCUT2D eigenvalue weighted by Gasteiger charge is 2.35. The molecule has 0 aromatic heterocycles. The van der Waals surface area contributed by atoms with E-state index in [1.807, 2.05) is 30.6 Å². The molecule has 1 aromatic rings. The number of hydrogen-bond acceptors (Lipinski definition) is 3. The minimum atomic E-state index is -0.454. The molecule has 0 N–H and O–H groups in total. The van der Waals surface area contributed by atoms with Crippen LogP contribution in [-0.2, 0) is 11.3 Å². The molecule has 152 valence electrons. The standard InChI is InChI=1S/C23H32N2O3/c1-15-11-18(12-19-14-25(13-16-5-6-16)21(26)20(15)19)17-7-9-24(10-8-17)22(27)28-23(2,3)4/h11-12,16-17H,5-10,13-14H2,1-4H3. The fourth-order valence-corrected chi connectivity index (χ4v) is 4.47. The van der Waals surface area contributed by atoms with Gasteiger partial charge in [-0.3, -0.25) is 4.79 Å². The summed E-state index contributed by atoms with van der Waals surface area (Å²) in [7, 11) is 0. The van der Waals surface area contributed by atoms with Crippen molar-refractivity contribution in [2.24, 2.45) is 5.92 Å². The molecule has 1 aliphatic carbocycles. The van der Waals surface area contributed by atoms with E-state index in [9.17, 15) is 9.59 Å². The predicted molar refractivity (Wildman–Crippen MR) is 108 cm³/mol. The Morgan fingerprint density at radius 3 is 2.43 bits per heavy atom. The molecule has 5 nitrogen and oxygen atoms in total. The number of benzene rings is 1. The van der Waals surface area contributed by atoms with Gasteiger partial charge in [-0.05, 0) is 81.9 Å². The van der Waals surface area contributed by atoms with Crippen LogP contribution in [0.3, 0.4) is 0 Å². The number of piperidine rings is 1. The summed E-state index contributed by atoms with van der Waals surface area (Å²) in [4.78, 5) is 28.9. The van der Waals surface area contributed by atoms with Gasteiger partial charge in [0.1, 0.15) is 5.60 Å². The average molecular weight is 385 g/mol. The Morgan fingerprint density at radius 1 is 1.14 bits per heavy atom. The van der Waals surface area contributed by atoms with Gasteiger partial charge in [-0.25, -0.2) is 4.79 Å². The van der Waals surface area contributed by atoms with Crippen LogP contribution in [0.1, 0.15) is 79.4 Å². The van der Waals surface area contributed by atoms with Crippen LogP contribution in [0.4, 0.5) is 4.79 Å². The van der Waals surface area contributed by atoms with Gasteiger partial charge in [-0.15, -0.1) is 0 Å². The molecule has 2 heterocycles. The van der Waals surface area contributed by atoms with Crippen molar-refractivity contribution in [2.45, 2.75) is 71.4 Å². The second kappa shape index (κ2) is 7.09. The SMILES string of the molecule is Cc1cc(C2CCN(C(=O)OC(C)(C)C)CC2)cc2c1C(=O)N(CC1CC1)C2. The van der Waals surface area contributed by atoms with Crippen LogP contribution in [0.2, 0.25) is 0 Å². The molecule has 0 spiro atoms. The summed E-state index contributed by atoms with van der Waals surface area (Å²) >= 11 is 0. The van der Waals surface area contributed by atoms with Gasteiger partial charge in [0.05, 0.1) is 0 Å². The first-order valence-corrected chi connectivity index (χ1v) is 10.6. The largest absolute Gasteiger partial charge is 0.444 e. The lowest BCUT2D eigenvalue weighted by Crippen LogP contribution is -2.41. The number of rotatable bonds is 3. The minimum Gasteiger partial charge on any atom is -0.444 e. The minimum absolute atomic E-state index is 0.211. The van der Waals surface area contributed by atoms with E-state index in [4.69, 9.17) is 4.74 Å². The number of ether oxygens (including phenoxy) is 1. The van der Waals surface area contributed by atoms with Crippen LogP contribution in [0.5, 0.6) is 0 Å². The van der Waals surface area contributed by atoms with Crippen molar-refractivity contribution in [1.82, 2.24) is 9.80 Å². The van der Waals surface area contributed by atoms with Crippen molar-refractivity contribution in [3.8, 4) is 0 Å². The van der Waals surface area contributed by atoms with Gasteiger partial charge >= 0.3 is 6.09 Å². The summed E-state index contributed by atoms with van der Waals surface area (Å²) in [5.74, 6) is 1.37. The topological polar surface area (TPSA) is 49.9 Å². The van der Waals surface area contributed by atoms with E-state index in [2.05, 4.69) is 19.1 Å². The summed E-state index contributed by atoms with van der Waals surface area (Å²) in [5.41, 5.74) is 4.08. The van der Waals surface area contributed by atoms with E-state index in [1.54, 1.807) is 0 Å². The molecule has 28 heavy (non-hydrogen) atoms. The molecule has 1 saturated heterocycles. The van der Waals surface area contributed by atoms with E-state index in [0.717, 1.165) is 56.1 Å². The van der Waals surface area contributed by atoms with Crippen molar-refractivity contribution in [3.05, 3.63) is 34.4 Å². The number of hydrogen-bond donors (Lipinski definition) is 0. The normalized spacial score (nSPS) is 20.5. The smallest absolute Gasteiger partial charge is 0.410 e. The summed E-state index contributed by atoms with van der Waals surface area (Å²) in [5, 5.41) is 0. The third kappa shape index (κ3) is 4.03. The molecule has 0 atom stereocenters. The molecule has 3 aliphatic rings. The van der Waals surface area contributed by atoms with Crippen LogP contribution in [0.25, 0.3) is 0 Å². The maximum Gasteiger partial charge on any atom is 0.410 e. The van der Waals surface area contributed by atoms with Crippen LogP contribution in [0, 0.1) is 12.8 Å². The van der Waals surface area contributed by atoms with Gasteiger partial charge in [-0.2, -0.15) is 0 Å². The second-order valence-corrected chi connectivity index (χ2v) is 9.74. The molecule has 5 heteroatoms. The zero-order chi connectivity index (χ0) is 20.1. The van der Waals surface area contributed by atoms with Crippen LogP contribution >= 0.6 is 0 Å². The van der Waals surface area contributed by atoms with Crippen molar-refractivity contribution in [2.75, 3.05) is 19.6 Å². The third-order valence-corrected chi connectivity index (χ3v) is 6.10. The number of amides is 2. The van der Waals surface area contributed by atoms with Gasteiger partial charge in [-0.1, -0.05) is 12.1 Å². The lowest BCUT2D eigenvalue weighted by atomic mass is 9.86. The fourth-order valence-electron chi connectivity index (χ4n) is 4.47. The van der Waals surface area contributed by atoms with Crippen LogP contribution < -0.4 is 0 Å². The lowest BCUT2D eigenvalue weighted by Gasteiger charge is -2.33. The van der Waals surface area contributed by atoms with Crippen LogP contribution in [0.15, 0.2) is 12.1 Å². The predicted octanol–water partition coefficient (Wildman–Crippen LogP) is 4.48. The van der Waals surface area contributed by atoms with Crippen molar-refractivity contribution in [1.29, 1.82) is 0 Å². The third-order valence-electron chi connectivity index (χ3n) is 6.10. The first-order chi connectivity index (χ1) is 13.2. The molecule has 2 aliphatic heterocycles. The maximum atomic E-state index is 12.8. The molecule has 4 rings (SSSR count). The van der Waals surface area contributed by atoms with Gasteiger partial charge in [0, 0.05) is 31.7 Å². The Balaban J connectivity index is 1.42. The Bertz CT molecular complexity index is 784. The average Bonchev–Trinajstić information content (AvgIpc) is 3.37. The Kier molecular flexibility index (Phi) is 4.88. The number of aryl methyl sites for hydroxylation is 1. The van der Waals surface area contributed by atoms with E-state index in [-0.39, 0.29) is 12.0 Å². The molecule has 0 radical (unpaired) electrons. The number of carbonyl (C=O) groups excluding carboxylic acids is 2. The fraction of sp³-hybridized carbons (Fsp3) is 0.652. The highest BCUT2D eigenvalue weighted by atomic mass is 16.6. The number of carbonyl (C=O) groups is 2. The number of fused-ring (bicyclic) bond motifs is 1. The lowest BCUT2D eigenvalue weighted by molar-refractivity contribution is 0.0204. The van der Waals surface area contributed by atoms with E-state index >= 15 is 0 Å².